The molecule has 0 bridgehead atoms. The van der Waals surface area contributed by atoms with Crippen molar-refractivity contribution in [2.45, 2.75) is 19.3 Å². The molecule has 0 radical (unpaired) electrons. The van der Waals surface area contributed by atoms with Gasteiger partial charge in [0.05, 0.1) is 0 Å². The Morgan fingerprint density at radius 2 is 2.25 bits per heavy atom. The third-order valence-corrected chi connectivity index (χ3v) is 2.45. The van der Waals surface area contributed by atoms with Crippen LogP contribution in [0.4, 0.5) is 0 Å². The highest BCUT2D eigenvalue weighted by molar-refractivity contribution is 5.92. The first-order valence-electron chi connectivity index (χ1n) is 4.23. The molecule has 1 amide bonds. The fourth-order valence-corrected chi connectivity index (χ4v) is 1.75. The van der Waals surface area contributed by atoms with Crippen LogP contribution in [0.25, 0.3) is 0 Å². The lowest BCUT2D eigenvalue weighted by Gasteiger charge is -2.12. The van der Waals surface area contributed by atoms with Gasteiger partial charge in [-0.15, -0.1) is 0 Å². The summed E-state index contributed by atoms with van der Waals surface area (Å²) in [6.07, 6.45) is 4.83. The molecule has 0 aromatic rings. The third-order valence-electron chi connectivity index (χ3n) is 2.45. The highest BCUT2D eigenvalue weighted by atomic mass is 16.1. The Hall–Kier alpha value is -1.25. The molecule has 1 heterocycles. The predicted octanol–water partition coefficient (Wildman–Crippen LogP) is 0.439. The fraction of sp³-hybridized carbons (Fsp3) is 0.444. The Labute approximate surface area is 71.3 Å². The first-order chi connectivity index (χ1) is 5.77. The van der Waals surface area contributed by atoms with E-state index in [1.54, 1.807) is 0 Å². The van der Waals surface area contributed by atoms with Crippen LogP contribution >= 0.6 is 0 Å². The maximum Gasteiger partial charge on any atom is 0.244 e. The molecule has 0 aromatic carbocycles. The molecule has 3 N–H and O–H groups in total. The monoisotopic (exact) mass is 164 g/mol. The van der Waals surface area contributed by atoms with Gasteiger partial charge >= 0.3 is 0 Å². The Bertz CT molecular complexity index is 289. The van der Waals surface area contributed by atoms with E-state index >= 15 is 0 Å². The molecule has 12 heavy (non-hydrogen) atoms. The molecule has 64 valence electrons. The van der Waals surface area contributed by atoms with Crippen molar-refractivity contribution in [3.63, 3.8) is 0 Å². The first-order valence-corrected chi connectivity index (χ1v) is 4.23. The number of hydrogen-bond acceptors (Lipinski definition) is 2. The van der Waals surface area contributed by atoms with Crippen LogP contribution < -0.4 is 11.1 Å². The van der Waals surface area contributed by atoms with Crippen molar-refractivity contribution in [3.8, 4) is 0 Å². The molecule has 0 unspecified atom stereocenters. The van der Waals surface area contributed by atoms with E-state index in [1.165, 1.54) is 5.57 Å². The van der Waals surface area contributed by atoms with E-state index in [0.717, 1.165) is 37.1 Å². The van der Waals surface area contributed by atoms with Gasteiger partial charge in [0.2, 0.25) is 5.91 Å². The molecule has 0 aromatic heterocycles. The lowest BCUT2D eigenvalue weighted by atomic mass is 9.96. The van der Waals surface area contributed by atoms with Gasteiger partial charge in [-0.2, -0.15) is 0 Å². The molecule has 2 aliphatic rings. The predicted molar refractivity (Wildman–Crippen MR) is 46.2 cm³/mol. The molecule has 3 heteroatoms. The topological polar surface area (TPSA) is 55.1 Å². The average molecular weight is 164 g/mol. The molecule has 2 rings (SSSR count). The van der Waals surface area contributed by atoms with E-state index in [9.17, 15) is 4.79 Å². The number of nitrogens with one attached hydrogen (secondary N) is 1. The first kappa shape index (κ1) is 7.40. The zero-order chi connectivity index (χ0) is 8.55. The summed E-state index contributed by atoms with van der Waals surface area (Å²) in [5, 5.41) is 3.24. The average Bonchev–Trinajstić information content (AvgIpc) is 2.49. The molecular weight excluding hydrogens is 152 g/mol. The van der Waals surface area contributed by atoms with Crippen LogP contribution in [-0.2, 0) is 4.79 Å². The second-order valence-corrected chi connectivity index (χ2v) is 3.23. The Balaban J connectivity index is 2.26. The Kier molecular flexibility index (Phi) is 1.64. The van der Waals surface area contributed by atoms with Crippen molar-refractivity contribution in [2.24, 2.45) is 5.73 Å². The zero-order valence-corrected chi connectivity index (χ0v) is 6.89. The highest BCUT2D eigenvalue weighted by Crippen LogP contribution is 2.27. The second-order valence-electron chi connectivity index (χ2n) is 3.23. The standard InChI is InChI=1S/C9H12N2O/c10-9(12)7-2-1-6-3-4-11-8(6)5-7/h5,11H,1-4H2,(H2,10,12). The number of carbonyl (C=O) groups is 1. The summed E-state index contributed by atoms with van der Waals surface area (Å²) in [6, 6.07) is 0. The molecule has 1 aliphatic heterocycles. The number of rotatable bonds is 1. The molecule has 0 spiro atoms. The fourth-order valence-electron chi connectivity index (χ4n) is 1.75. The lowest BCUT2D eigenvalue weighted by Crippen LogP contribution is -2.17. The van der Waals surface area contributed by atoms with Gasteiger partial charge in [0.1, 0.15) is 0 Å². The van der Waals surface area contributed by atoms with E-state index in [1.807, 2.05) is 6.08 Å². The number of allylic oxidation sites excluding steroid dienone is 1. The zero-order valence-electron chi connectivity index (χ0n) is 6.89. The number of carbonyl (C=O) groups excluding carboxylic acids is 1. The minimum Gasteiger partial charge on any atom is -0.385 e. The number of hydrogen-bond donors (Lipinski definition) is 2. The quantitative estimate of drug-likeness (QED) is 0.590. The van der Waals surface area contributed by atoms with Crippen molar-refractivity contribution in [3.05, 3.63) is 22.9 Å². The minimum absolute atomic E-state index is 0.282. The molecule has 0 fully saturated rings. The van der Waals surface area contributed by atoms with Gasteiger partial charge in [-0.1, -0.05) is 0 Å². The van der Waals surface area contributed by atoms with E-state index in [4.69, 9.17) is 5.73 Å². The van der Waals surface area contributed by atoms with Crippen molar-refractivity contribution in [1.82, 2.24) is 5.32 Å². The van der Waals surface area contributed by atoms with Gasteiger partial charge < -0.3 is 11.1 Å². The van der Waals surface area contributed by atoms with Crippen LogP contribution in [0, 0.1) is 0 Å². The van der Waals surface area contributed by atoms with Crippen LogP contribution in [-0.4, -0.2) is 12.5 Å². The van der Waals surface area contributed by atoms with Crippen molar-refractivity contribution >= 4 is 5.91 Å². The summed E-state index contributed by atoms with van der Waals surface area (Å²) in [7, 11) is 0. The van der Waals surface area contributed by atoms with Gasteiger partial charge in [-0.25, -0.2) is 0 Å². The van der Waals surface area contributed by atoms with E-state index in [0.29, 0.717) is 0 Å². The number of amides is 1. The number of nitrogens with two attached hydrogens (primary N) is 1. The van der Waals surface area contributed by atoms with Crippen molar-refractivity contribution in [1.29, 1.82) is 0 Å². The highest BCUT2D eigenvalue weighted by Gasteiger charge is 2.19. The minimum atomic E-state index is -0.282. The maximum absolute atomic E-state index is 10.8. The maximum atomic E-state index is 10.8. The molecule has 0 saturated carbocycles. The summed E-state index contributed by atoms with van der Waals surface area (Å²) >= 11 is 0. The smallest absolute Gasteiger partial charge is 0.244 e. The van der Waals surface area contributed by atoms with E-state index in [-0.39, 0.29) is 5.91 Å². The molecule has 1 aliphatic carbocycles. The summed E-state index contributed by atoms with van der Waals surface area (Å²) in [4.78, 5) is 10.8. The van der Waals surface area contributed by atoms with Gasteiger partial charge in [0, 0.05) is 17.8 Å². The van der Waals surface area contributed by atoms with Crippen LogP contribution in [0.15, 0.2) is 22.9 Å². The Morgan fingerprint density at radius 3 is 3.00 bits per heavy atom. The van der Waals surface area contributed by atoms with Crippen LogP contribution in [0.1, 0.15) is 19.3 Å². The summed E-state index contributed by atoms with van der Waals surface area (Å²) in [6.45, 7) is 1.01. The Morgan fingerprint density at radius 1 is 1.42 bits per heavy atom. The van der Waals surface area contributed by atoms with Gasteiger partial charge in [-0.3, -0.25) is 4.79 Å². The van der Waals surface area contributed by atoms with Gasteiger partial charge in [-0.05, 0) is 30.9 Å². The normalized spacial score (nSPS) is 21.5. The van der Waals surface area contributed by atoms with Crippen molar-refractivity contribution < 1.29 is 4.79 Å². The third kappa shape index (κ3) is 1.11. The molecule has 0 saturated heterocycles. The largest absolute Gasteiger partial charge is 0.385 e. The van der Waals surface area contributed by atoms with Crippen LogP contribution in [0.5, 0.6) is 0 Å². The SMILES string of the molecule is NC(=O)C1=CC2=C(CCN2)CC1. The van der Waals surface area contributed by atoms with Crippen LogP contribution in [0.3, 0.4) is 0 Å². The summed E-state index contributed by atoms with van der Waals surface area (Å²) < 4.78 is 0. The van der Waals surface area contributed by atoms with E-state index < -0.39 is 0 Å². The molecule has 0 atom stereocenters. The molecular formula is C9H12N2O. The van der Waals surface area contributed by atoms with Gasteiger partial charge in [0.25, 0.3) is 0 Å². The van der Waals surface area contributed by atoms with Gasteiger partial charge in [0.15, 0.2) is 0 Å². The lowest BCUT2D eigenvalue weighted by molar-refractivity contribution is -0.114. The molecule has 3 nitrogen and oxygen atoms in total. The van der Waals surface area contributed by atoms with E-state index in [2.05, 4.69) is 5.32 Å². The summed E-state index contributed by atoms with van der Waals surface area (Å²) in [5.41, 5.74) is 8.52. The number of primary amides is 1. The van der Waals surface area contributed by atoms with Crippen molar-refractivity contribution in [2.75, 3.05) is 6.54 Å². The second kappa shape index (κ2) is 2.66. The summed E-state index contributed by atoms with van der Waals surface area (Å²) in [5.74, 6) is -0.282. The van der Waals surface area contributed by atoms with Crippen LogP contribution in [0.2, 0.25) is 0 Å².